The van der Waals surface area contributed by atoms with E-state index in [0.717, 1.165) is 17.8 Å². The van der Waals surface area contributed by atoms with Crippen molar-refractivity contribution in [3.8, 4) is 0 Å². The Labute approximate surface area is 97.6 Å². The van der Waals surface area contributed by atoms with Gasteiger partial charge in [0.1, 0.15) is 0 Å². The summed E-state index contributed by atoms with van der Waals surface area (Å²) in [6, 6.07) is 9.11. The number of benzene rings is 1. The molecule has 1 aromatic rings. The Bertz CT molecular complexity index is 369. The second-order valence-corrected chi connectivity index (χ2v) is 5.41. The number of hydrogen-bond acceptors (Lipinski definition) is 2. The molecule has 0 aromatic heterocycles. The molecule has 3 atom stereocenters. The van der Waals surface area contributed by atoms with Crippen LogP contribution in [0.4, 0.5) is 5.69 Å². The van der Waals surface area contributed by atoms with Gasteiger partial charge < -0.3 is 10.2 Å². The van der Waals surface area contributed by atoms with E-state index in [1.807, 2.05) is 0 Å². The molecule has 2 aliphatic rings. The average molecular weight is 216 g/mol. The molecule has 1 aliphatic heterocycles. The van der Waals surface area contributed by atoms with Crippen LogP contribution >= 0.6 is 0 Å². The van der Waals surface area contributed by atoms with Crippen molar-refractivity contribution < 1.29 is 0 Å². The summed E-state index contributed by atoms with van der Waals surface area (Å²) < 4.78 is 0. The van der Waals surface area contributed by atoms with Gasteiger partial charge in [-0.2, -0.15) is 0 Å². The summed E-state index contributed by atoms with van der Waals surface area (Å²) in [6.45, 7) is 2.47. The number of nitrogens with zero attached hydrogens (tertiary/aromatic N) is 1. The minimum absolute atomic E-state index is 0.816. The number of anilines is 1. The van der Waals surface area contributed by atoms with E-state index in [1.165, 1.54) is 30.8 Å². The van der Waals surface area contributed by atoms with Gasteiger partial charge >= 0.3 is 0 Å². The lowest BCUT2D eigenvalue weighted by atomic mass is 9.64. The third kappa shape index (κ3) is 1.52. The highest BCUT2D eigenvalue weighted by Gasteiger charge is 2.44. The topological polar surface area (TPSA) is 15.3 Å². The molecule has 3 rings (SSSR count). The zero-order valence-corrected chi connectivity index (χ0v) is 10.1. The predicted molar refractivity (Wildman–Crippen MR) is 68.0 cm³/mol. The third-order valence-electron chi connectivity index (χ3n) is 4.30. The van der Waals surface area contributed by atoms with E-state index in [2.05, 4.69) is 48.6 Å². The van der Waals surface area contributed by atoms with E-state index in [1.54, 1.807) is 0 Å². The highest BCUT2D eigenvalue weighted by Crippen LogP contribution is 2.49. The number of nitrogens with one attached hydrogen (secondary N) is 1. The van der Waals surface area contributed by atoms with Gasteiger partial charge in [-0.25, -0.2) is 0 Å². The van der Waals surface area contributed by atoms with Crippen LogP contribution in [-0.4, -0.2) is 27.2 Å². The summed E-state index contributed by atoms with van der Waals surface area (Å²) in [5.74, 6) is 2.68. The molecule has 2 fully saturated rings. The zero-order valence-electron chi connectivity index (χ0n) is 10.1. The Morgan fingerprint density at radius 1 is 1.12 bits per heavy atom. The molecule has 2 heteroatoms. The monoisotopic (exact) mass is 216 g/mol. The molecule has 0 radical (unpaired) electrons. The Balaban J connectivity index is 1.75. The maximum Gasteiger partial charge on any atom is 0.0361 e. The average Bonchev–Trinajstić information content (AvgIpc) is 2.61. The van der Waals surface area contributed by atoms with Crippen LogP contribution in [0.5, 0.6) is 0 Å². The number of rotatable bonds is 2. The molecule has 0 amide bonds. The molecule has 1 aromatic carbocycles. The smallest absolute Gasteiger partial charge is 0.0361 e. The molecular formula is C14H20N2. The Hall–Kier alpha value is -1.02. The minimum atomic E-state index is 0.816. The quantitative estimate of drug-likeness (QED) is 0.814. The molecule has 16 heavy (non-hydrogen) atoms. The molecule has 1 aliphatic carbocycles. The zero-order chi connectivity index (χ0) is 11.1. The van der Waals surface area contributed by atoms with E-state index in [4.69, 9.17) is 0 Å². The number of hydrogen-bond donors (Lipinski definition) is 1. The van der Waals surface area contributed by atoms with Gasteiger partial charge in [-0.05, 0) is 55.0 Å². The largest absolute Gasteiger partial charge is 0.378 e. The lowest BCUT2D eigenvalue weighted by Gasteiger charge is -2.40. The molecule has 0 bridgehead atoms. The van der Waals surface area contributed by atoms with Crippen LogP contribution in [-0.2, 0) is 0 Å². The second-order valence-electron chi connectivity index (χ2n) is 5.41. The number of fused-ring (bicyclic) bond motifs is 1. The lowest BCUT2D eigenvalue weighted by molar-refractivity contribution is 0.191. The van der Waals surface area contributed by atoms with Crippen molar-refractivity contribution in [1.29, 1.82) is 0 Å². The summed E-state index contributed by atoms with van der Waals surface area (Å²) in [7, 11) is 4.19. The molecule has 1 saturated heterocycles. The molecule has 1 saturated carbocycles. The van der Waals surface area contributed by atoms with Crippen molar-refractivity contribution in [3.05, 3.63) is 29.8 Å². The Morgan fingerprint density at radius 2 is 1.88 bits per heavy atom. The van der Waals surface area contributed by atoms with Gasteiger partial charge in [-0.3, -0.25) is 0 Å². The first kappa shape index (κ1) is 10.2. The summed E-state index contributed by atoms with van der Waals surface area (Å²) in [5.41, 5.74) is 2.83. The van der Waals surface area contributed by atoms with Crippen molar-refractivity contribution in [3.63, 3.8) is 0 Å². The van der Waals surface area contributed by atoms with Crippen molar-refractivity contribution in [2.24, 2.45) is 11.8 Å². The van der Waals surface area contributed by atoms with Crippen LogP contribution in [0.1, 0.15) is 17.9 Å². The fourth-order valence-corrected chi connectivity index (χ4v) is 3.19. The van der Waals surface area contributed by atoms with Gasteiger partial charge in [0.05, 0.1) is 0 Å². The molecule has 0 spiro atoms. The Kier molecular flexibility index (Phi) is 2.40. The predicted octanol–water partition coefficient (Wildman–Crippen LogP) is 2.08. The molecule has 0 unspecified atom stereocenters. The lowest BCUT2D eigenvalue weighted by Crippen LogP contribution is -2.33. The molecule has 2 nitrogen and oxygen atoms in total. The minimum Gasteiger partial charge on any atom is -0.378 e. The first-order valence-electron chi connectivity index (χ1n) is 6.23. The second kappa shape index (κ2) is 3.77. The molecular weight excluding hydrogens is 196 g/mol. The standard InChI is InChI=1S/C14H20N2/c1-16(2)12-5-3-10(4-6-12)13-7-11-8-15-9-14(11)13/h3-6,11,13-15H,7-9H2,1-2H3/t11-,13-,14-/m0/s1. The maximum atomic E-state index is 3.51. The van der Waals surface area contributed by atoms with E-state index < -0.39 is 0 Å². The van der Waals surface area contributed by atoms with Crippen LogP contribution in [0, 0.1) is 11.8 Å². The fourth-order valence-electron chi connectivity index (χ4n) is 3.19. The van der Waals surface area contributed by atoms with Crippen molar-refractivity contribution >= 4 is 5.69 Å². The summed E-state index contributed by atoms with van der Waals surface area (Å²) in [5, 5.41) is 3.51. The highest BCUT2D eigenvalue weighted by molar-refractivity contribution is 5.47. The van der Waals surface area contributed by atoms with Gasteiger partial charge in [-0.1, -0.05) is 12.1 Å². The van der Waals surface area contributed by atoms with Gasteiger partial charge in [0, 0.05) is 19.8 Å². The fraction of sp³-hybridized carbons (Fsp3) is 0.571. The van der Waals surface area contributed by atoms with Crippen molar-refractivity contribution in [2.75, 3.05) is 32.1 Å². The maximum absolute atomic E-state index is 3.51. The van der Waals surface area contributed by atoms with Crippen LogP contribution < -0.4 is 10.2 Å². The summed E-state index contributed by atoms with van der Waals surface area (Å²) >= 11 is 0. The Morgan fingerprint density at radius 3 is 2.50 bits per heavy atom. The van der Waals surface area contributed by atoms with E-state index in [9.17, 15) is 0 Å². The van der Waals surface area contributed by atoms with Gasteiger partial charge in [0.25, 0.3) is 0 Å². The van der Waals surface area contributed by atoms with Crippen LogP contribution in [0.2, 0.25) is 0 Å². The van der Waals surface area contributed by atoms with E-state index in [0.29, 0.717) is 0 Å². The normalized spacial score (nSPS) is 32.0. The third-order valence-corrected chi connectivity index (χ3v) is 4.30. The van der Waals surface area contributed by atoms with Crippen LogP contribution in [0.15, 0.2) is 24.3 Å². The van der Waals surface area contributed by atoms with Gasteiger partial charge in [-0.15, -0.1) is 0 Å². The molecule has 1 N–H and O–H groups in total. The van der Waals surface area contributed by atoms with E-state index in [-0.39, 0.29) is 0 Å². The molecule has 1 heterocycles. The van der Waals surface area contributed by atoms with Gasteiger partial charge in [0.15, 0.2) is 0 Å². The van der Waals surface area contributed by atoms with Crippen LogP contribution in [0.3, 0.4) is 0 Å². The van der Waals surface area contributed by atoms with Gasteiger partial charge in [0.2, 0.25) is 0 Å². The van der Waals surface area contributed by atoms with Crippen molar-refractivity contribution in [2.45, 2.75) is 12.3 Å². The summed E-state index contributed by atoms with van der Waals surface area (Å²) in [4.78, 5) is 2.16. The first-order chi connectivity index (χ1) is 7.75. The SMILES string of the molecule is CN(C)c1ccc([C@@H]2C[C@H]3CNC[C@@H]32)cc1. The van der Waals surface area contributed by atoms with Crippen molar-refractivity contribution in [1.82, 2.24) is 5.32 Å². The van der Waals surface area contributed by atoms with Crippen LogP contribution in [0.25, 0.3) is 0 Å². The van der Waals surface area contributed by atoms with E-state index >= 15 is 0 Å². The first-order valence-corrected chi connectivity index (χ1v) is 6.23. The molecule has 86 valence electrons. The highest BCUT2D eigenvalue weighted by atomic mass is 15.1. The summed E-state index contributed by atoms with van der Waals surface area (Å²) in [6.07, 6.45) is 1.39.